The minimum Gasteiger partial charge on any atom is -0.380 e. The fourth-order valence-electron chi connectivity index (χ4n) is 2.56. The number of para-hydroxylation sites is 1. The van der Waals surface area contributed by atoms with E-state index < -0.39 is 0 Å². The topological polar surface area (TPSA) is 54.0 Å². The largest absolute Gasteiger partial charge is 0.380 e. The third-order valence-corrected chi connectivity index (χ3v) is 3.60. The zero-order chi connectivity index (χ0) is 16.2. The number of hydrogen-bond donors (Lipinski definition) is 2. The van der Waals surface area contributed by atoms with Gasteiger partial charge in [-0.15, -0.1) is 0 Å². The minimum absolute atomic E-state index is 0.0606. The number of hydrogen-bond acceptors (Lipinski definition) is 3. The van der Waals surface area contributed by atoms with Crippen LogP contribution in [0.4, 0.5) is 11.4 Å². The maximum atomic E-state index is 11.0. The molecule has 0 spiro atoms. The van der Waals surface area contributed by atoms with Crippen LogP contribution in [-0.4, -0.2) is 10.9 Å². The molecule has 0 aliphatic heterocycles. The zero-order valence-electron chi connectivity index (χ0n) is 13.3. The molecule has 1 aromatic heterocycles. The molecule has 0 bridgehead atoms. The maximum absolute atomic E-state index is 11.0. The van der Waals surface area contributed by atoms with Gasteiger partial charge in [-0.2, -0.15) is 0 Å². The number of benzene rings is 2. The first-order chi connectivity index (χ1) is 11.1. The second-order valence-electron chi connectivity index (χ2n) is 5.56. The summed E-state index contributed by atoms with van der Waals surface area (Å²) in [5.41, 5.74) is 5.03. The van der Waals surface area contributed by atoms with E-state index in [-0.39, 0.29) is 5.91 Å². The van der Waals surface area contributed by atoms with Crippen molar-refractivity contribution in [3.63, 3.8) is 0 Å². The molecule has 0 saturated carbocycles. The van der Waals surface area contributed by atoms with E-state index in [1.807, 2.05) is 49.4 Å². The number of aromatic nitrogens is 1. The molecule has 23 heavy (non-hydrogen) atoms. The summed E-state index contributed by atoms with van der Waals surface area (Å²) in [5.74, 6) is -0.0606. The van der Waals surface area contributed by atoms with Gasteiger partial charge >= 0.3 is 0 Å². The lowest BCUT2D eigenvalue weighted by molar-refractivity contribution is -0.114. The van der Waals surface area contributed by atoms with Crippen molar-refractivity contribution in [1.29, 1.82) is 0 Å². The van der Waals surface area contributed by atoms with Crippen LogP contribution in [0.2, 0.25) is 0 Å². The number of anilines is 2. The van der Waals surface area contributed by atoms with Gasteiger partial charge in [-0.1, -0.05) is 30.3 Å². The summed E-state index contributed by atoms with van der Waals surface area (Å²) in [7, 11) is 0. The normalized spacial score (nSPS) is 10.5. The molecule has 2 N–H and O–H groups in total. The van der Waals surface area contributed by atoms with Gasteiger partial charge in [0.1, 0.15) is 0 Å². The number of fused-ring (bicyclic) bond motifs is 1. The van der Waals surface area contributed by atoms with Crippen molar-refractivity contribution >= 4 is 28.2 Å². The predicted molar refractivity (Wildman–Crippen MR) is 94.6 cm³/mol. The number of nitrogens with zero attached hydrogens (tertiary/aromatic N) is 1. The average molecular weight is 305 g/mol. The Morgan fingerprint density at radius 1 is 1.09 bits per heavy atom. The lowest BCUT2D eigenvalue weighted by Gasteiger charge is -2.11. The van der Waals surface area contributed by atoms with Crippen molar-refractivity contribution in [3.05, 3.63) is 65.9 Å². The van der Waals surface area contributed by atoms with Crippen molar-refractivity contribution in [2.75, 3.05) is 10.6 Å². The summed E-state index contributed by atoms with van der Waals surface area (Å²) in [6.45, 7) is 4.22. The Morgan fingerprint density at radius 2 is 1.83 bits per heavy atom. The molecule has 3 rings (SSSR count). The zero-order valence-corrected chi connectivity index (χ0v) is 13.3. The Labute approximate surface area is 135 Å². The first-order valence-electron chi connectivity index (χ1n) is 7.58. The lowest BCUT2D eigenvalue weighted by atomic mass is 10.1. The predicted octanol–water partition coefficient (Wildman–Crippen LogP) is 4.11. The van der Waals surface area contributed by atoms with E-state index >= 15 is 0 Å². The molecular formula is C19H19N3O. The summed E-state index contributed by atoms with van der Waals surface area (Å²) in [6, 6.07) is 18.0. The summed E-state index contributed by atoms with van der Waals surface area (Å²) in [6.07, 6.45) is 0. The summed E-state index contributed by atoms with van der Waals surface area (Å²) >= 11 is 0. The lowest BCUT2D eigenvalue weighted by Crippen LogP contribution is -2.06. The fourth-order valence-corrected chi connectivity index (χ4v) is 2.56. The van der Waals surface area contributed by atoms with Crippen LogP contribution in [0.3, 0.4) is 0 Å². The SMILES string of the molecule is CC(=O)Nc1ccc(CNc2cc(C)nc3ccccc23)cc1. The third kappa shape index (κ3) is 3.66. The second kappa shape index (κ2) is 6.48. The monoisotopic (exact) mass is 305 g/mol. The molecule has 0 fully saturated rings. The fraction of sp³-hybridized carbons (Fsp3) is 0.158. The molecule has 116 valence electrons. The minimum atomic E-state index is -0.0606. The Kier molecular flexibility index (Phi) is 4.24. The summed E-state index contributed by atoms with van der Waals surface area (Å²) < 4.78 is 0. The first kappa shape index (κ1) is 15.0. The highest BCUT2D eigenvalue weighted by molar-refractivity contribution is 5.91. The summed E-state index contributed by atoms with van der Waals surface area (Å²) in [5, 5.41) is 7.37. The highest BCUT2D eigenvalue weighted by atomic mass is 16.1. The number of aryl methyl sites for hydroxylation is 1. The first-order valence-corrected chi connectivity index (χ1v) is 7.58. The van der Waals surface area contributed by atoms with E-state index in [0.29, 0.717) is 6.54 Å². The Bertz CT molecular complexity index is 841. The number of carbonyl (C=O) groups is 1. The molecular weight excluding hydrogens is 286 g/mol. The van der Waals surface area contributed by atoms with Gasteiger partial charge in [0.2, 0.25) is 5.91 Å². The molecule has 4 nitrogen and oxygen atoms in total. The van der Waals surface area contributed by atoms with Crippen LogP contribution >= 0.6 is 0 Å². The molecule has 0 saturated heterocycles. The van der Waals surface area contributed by atoms with Crippen LogP contribution in [0.25, 0.3) is 10.9 Å². The van der Waals surface area contributed by atoms with Crippen LogP contribution in [0.1, 0.15) is 18.2 Å². The number of nitrogens with one attached hydrogen (secondary N) is 2. The highest BCUT2D eigenvalue weighted by Crippen LogP contribution is 2.23. The molecule has 0 aliphatic carbocycles. The van der Waals surface area contributed by atoms with Crippen LogP contribution in [0.5, 0.6) is 0 Å². The van der Waals surface area contributed by atoms with Gasteiger partial charge in [-0.25, -0.2) is 0 Å². The van der Waals surface area contributed by atoms with Gasteiger partial charge in [0.05, 0.1) is 5.52 Å². The number of amides is 1. The van der Waals surface area contributed by atoms with Gasteiger partial charge < -0.3 is 10.6 Å². The molecule has 0 radical (unpaired) electrons. The maximum Gasteiger partial charge on any atom is 0.221 e. The third-order valence-electron chi connectivity index (χ3n) is 3.60. The van der Waals surface area contributed by atoms with E-state index in [2.05, 4.69) is 27.8 Å². The smallest absolute Gasteiger partial charge is 0.221 e. The van der Waals surface area contributed by atoms with Crippen LogP contribution in [-0.2, 0) is 11.3 Å². The van der Waals surface area contributed by atoms with Crippen molar-refractivity contribution in [2.24, 2.45) is 0 Å². The van der Waals surface area contributed by atoms with E-state index in [0.717, 1.165) is 33.5 Å². The molecule has 1 heterocycles. The van der Waals surface area contributed by atoms with E-state index in [1.54, 1.807) is 0 Å². The van der Waals surface area contributed by atoms with Crippen LogP contribution in [0.15, 0.2) is 54.6 Å². The van der Waals surface area contributed by atoms with Crippen molar-refractivity contribution in [1.82, 2.24) is 4.98 Å². The number of pyridine rings is 1. The van der Waals surface area contributed by atoms with Crippen LogP contribution < -0.4 is 10.6 Å². The van der Waals surface area contributed by atoms with Gasteiger partial charge in [0.15, 0.2) is 0 Å². The van der Waals surface area contributed by atoms with E-state index in [1.165, 1.54) is 6.92 Å². The average Bonchev–Trinajstić information content (AvgIpc) is 2.53. The van der Waals surface area contributed by atoms with Gasteiger partial charge in [-0.3, -0.25) is 9.78 Å². The second-order valence-corrected chi connectivity index (χ2v) is 5.56. The van der Waals surface area contributed by atoms with Crippen molar-refractivity contribution in [2.45, 2.75) is 20.4 Å². The molecule has 0 aliphatic rings. The number of carbonyl (C=O) groups excluding carboxylic acids is 1. The van der Waals surface area contributed by atoms with Crippen LogP contribution in [0, 0.1) is 6.92 Å². The molecule has 3 aromatic rings. The van der Waals surface area contributed by atoms with Crippen molar-refractivity contribution < 1.29 is 4.79 Å². The van der Waals surface area contributed by atoms with E-state index in [9.17, 15) is 4.79 Å². The Hall–Kier alpha value is -2.88. The Morgan fingerprint density at radius 3 is 2.57 bits per heavy atom. The Balaban J connectivity index is 1.77. The summed E-state index contributed by atoms with van der Waals surface area (Å²) in [4.78, 5) is 15.6. The molecule has 4 heteroatoms. The highest BCUT2D eigenvalue weighted by Gasteiger charge is 2.03. The standard InChI is InChI=1S/C19H19N3O/c1-13-11-19(17-5-3-4-6-18(17)21-13)20-12-15-7-9-16(10-8-15)22-14(2)23/h3-11H,12H2,1-2H3,(H,20,21)(H,22,23). The number of rotatable bonds is 4. The molecule has 0 unspecified atom stereocenters. The van der Waals surface area contributed by atoms with Crippen molar-refractivity contribution in [3.8, 4) is 0 Å². The quantitative estimate of drug-likeness (QED) is 0.762. The van der Waals surface area contributed by atoms with Gasteiger partial charge in [0, 0.05) is 35.9 Å². The van der Waals surface area contributed by atoms with Gasteiger partial charge in [0.25, 0.3) is 0 Å². The molecule has 1 amide bonds. The molecule has 0 atom stereocenters. The van der Waals surface area contributed by atoms with E-state index in [4.69, 9.17) is 0 Å². The molecule has 2 aromatic carbocycles. The van der Waals surface area contributed by atoms with Gasteiger partial charge in [-0.05, 0) is 36.8 Å².